The average Bonchev–Trinajstić information content (AvgIpc) is 3.52. The molecule has 6 nitrogen and oxygen atoms in total. The van der Waals surface area contributed by atoms with Gasteiger partial charge in [-0.3, -0.25) is 9.59 Å². The third-order valence-electron chi connectivity index (χ3n) is 6.35. The van der Waals surface area contributed by atoms with Crippen LogP contribution in [-0.2, 0) is 24.4 Å². The van der Waals surface area contributed by atoms with Gasteiger partial charge in [0.2, 0.25) is 5.91 Å². The number of nitrogens with zero attached hydrogens (tertiary/aromatic N) is 2. The van der Waals surface area contributed by atoms with Gasteiger partial charge in [-0.15, -0.1) is 0 Å². The average molecular weight is 474 g/mol. The second kappa shape index (κ2) is 8.88. The highest BCUT2D eigenvalue weighted by Gasteiger charge is 2.48. The molecule has 2 aromatic carbocycles. The van der Waals surface area contributed by atoms with Crippen molar-refractivity contribution < 1.29 is 14.0 Å². The van der Waals surface area contributed by atoms with Crippen molar-refractivity contribution >= 4 is 23.4 Å². The second-order valence-electron chi connectivity index (χ2n) is 8.59. The number of aromatic nitrogens is 1. The number of halogens is 1. The number of rotatable bonds is 6. The summed E-state index contributed by atoms with van der Waals surface area (Å²) in [5, 5.41) is 3.59. The molecule has 2 amide bonds. The van der Waals surface area contributed by atoms with Crippen LogP contribution in [0.4, 0.5) is 0 Å². The SMILES string of the molecule is C[C@@]1(C(=O)NCc2ccccc2)Cn2c(ccc2-c2ccco2)C(=O)N1Cc1ccccc1Cl. The molecule has 1 atom stereocenters. The Labute approximate surface area is 202 Å². The number of fused-ring (bicyclic) bond motifs is 1. The quantitative estimate of drug-likeness (QED) is 0.422. The molecule has 1 aliphatic heterocycles. The van der Waals surface area contributed by atoms with Gasteiger partial charge in [-0.1, -0.05) is 60.1 Å². The number of carbonyl (C=O) groups excluding carboxylic acids is 2. The standard InChI is InChI=1S/C27H24ClN3O3/c1-27(26(33)29-16-19-8-3-2-4-9-19)18-30-22(24-12-7-15-34-24)13-14-23(30)25(32)31(27)17-20-10-5-6-11-21(20)28/h2-15H,16-18H2,1H3,(H,29,33)/t27-/m0/s1. The van der Waals surface area contributed by atoms with Gasteiger partial charge in [0, 0.05) is 18.1 Å². The number of carbonyl (C=O) groups is 2. The van der Waals surface area contributed by atoms with E-state index in [1.165, 1.54) is 0 Å². The first-order valence-electron chi connectivity index (χ1n) is 11.1. The zero-order valence-corrected chi connectivity index (χ0v) is 19.5. The topological polar surface area (TPSA) is 67.5 Å². The van der Waals surface area contributed by atoms with E-state index in [9.17, 15) is 9.59 Å². The fraction of sp³-hybridized carbons (Fsp3) is 0.185. The van der Waals surface area contributed by atoms with Crippen molar-refractivity contribution in [2.75, 3.05) is 0 Å². The van der Waals surface area contributed by atoms with Crippen molar-refractivity contribution in [3.8, 4) is 11.5 Å². The highest BCUT2D eigenvalue weighted by atomic mass is 35.5. The van der Waals surface area contributed by atoms with Crippen LogP contribution in [0.2, 0.25) is 5.02 Å². The van der Waals surface area contributed by atoms with Crippen molar-refractivity contribution in [2.24, 2.45) is 0 Å². The molecule has 172 valence electrons. The Balaban J connectivity index is 1.53. The van der Waals surface area contributed by atoms with E-state index in [0.717, 1.165) is 16.8 Å². The van der Waals surface area contributed by atoms with Crippen LogP contribution in [0.1, 0.15) is 28.5 Å². The van der Waals surface area contributed by atoms with Gasteiger partial charge in [-0.2, -0.15) is 0 Å². The Kier molecular flexibility index (Phi) is 5.75. The number of hydrogen-bond donors (Lipinski definition) is 1. The van der Waals surface area contributed by atoms with E-state index in [2.05, 4.69) is 5.32 Å². The first-order chi connectivity index (χ1) is 16.5. The van der Waals surface area contributed by atoms with Crippen molar-refractivity contribution in [1.29, 1.82) is 0 Å². The van der Waals surface area contributed by atoms with Crippen LogP contribution in [0, 0.1) is 0 Å². The maximum absolute atomic E-state index is 13.8. The van der Waals surface area contributed by atoms with E-state index in [1.807, 2.05) is 65.2 Å². The van der Waals surface area contributed by atoms with Gasteiger partial charge in [0.15, 0.2) is 0 Å². The van der Waals surface area contributed by atoms with E-state index in [1.54, 1.807) is 36.3 Å². The van der Waals surface area contributed by atoms with Gasteiger partial charge < -0.3 is 19.2 Å². The van der Waals surface area contributed by atoms with Gasteiger partial charge in [0.25, 0.3) is 5.91 Å². The highest BCUT2D eigenvalue weighted by Crippen LogP contribution is 2.35. The van der Waals surface area contributed by atoms with Gasteiger partial charge in [0.1, 0.15) is 17.0 Å². The van der Waals surface area contributed by atoms with Gasteiger partial charge in [-0.05, 0) is 48.4 Å². The van der Waals surface area contributed by atoms with Crippen molar-refractivity contribution in [3.63, 3.8) is 0 Å². The Morgan fingerprint density at radius 3 is 2.47 bits per heavy atom. The number of benzene rings is 2. The first-order valence-corrected chi connectivity index (χ1v) is 11.5. The van der Waals surface area contributed by atoms with Crippen molar-refractivity contribution in [1.82, 2.24) is 14.8 Å². The van der Waals surface area contributed by atoms with Crippen LogP contribution < -0.4 is 5.32 Å². The summed E-state index contributed by atoms with van der Waals surface area (Å²) in [5.74, 6) is 0.175. The van der Waals surface area contributed by atoms with Crippen LogP contribution in [0.5, 0.6) is 0 Å². The molecule has 0 unspecified atom stereocenters. The Hall–Kier alpha value is -3.77. The minimum Gasteiger partial charge on any atom is -0.463 e. The molecule has 34 heavy (non-hydrogen) atoms. The summed E-state index contributed by atoms with van der Waals surface area (Å²) in [5.41, 5.74) is 1.88. The zero-order valence-electron chi connectivity index (χ0n) is 18.7. The number of nitrogens with one attached hydrogen (secondary N) is 1. The summed E-state index contributed by atoms with van der Waals surface area (Å²) in [6.45, 7) is 2.67. The van der Waals surface area contributed by atoms with Crippen LogP contribution in [0.25, 0.3) is 11.5 Å². The molecule has 7 heteroatoms. The maximum atomic E-state index is 13.8. The fourth-order valence-electron chi connectivity index (χ4n) is 4.43. The predicted octanol–water partition coefficient (Wildman–Crippen LogP) is 5.13. The largest absolute Gasteiger partial charge is 0.463 e. The molecule has 0 fully saturated rings. The maximum Gasteiger partial charge on any atom is 0.271 e. The molecular weight excluding hydrogens is 450 g/mol. The first kappa shape index (κ1) is 22.0. The second-order valence-corrected chi connectivity index (χ2v) is 9.00. The smallest absolute Gasteiger partial charge is 0.271 e. The number of furan rings is 1. The highest BCUT2D eigenvalue weighted by molar-refractivity contribution is 6.31. The van der Waals surface area contributed by atoms with Crippen LogP contribution >= 0.6 is 11.6 Å². The molecule has 1 aliphatic rings. The molecule has 3 heterocycles. The summed E-state index contributed by atoms with van der Waals surface area (Å²) >= 11 is 6.42. The number of amides is 2. The minimum absolute atomic E-state index is 0.217. The van der Waals surface area contributed by atoms with E-state index >= 15 is 0 Å². The summed E-state index contributed by atoms with van der Waals surface area (Å²) in [6.07, 6.45) is 1.59. The van der Waals surface area contributed by atoms with E-state index < -0.39 is 5.54 Å². The summed E-state index contributed by atoms with van der Waals surface area (Å²) in [6, 6.07) is 24.4. The van der Waals surface area contributed by atoms with Crippen molar-refractivity contribution in [3.05, 3.63) is 107 Å². The molecule has 4 aromatic rings. The summed E-state index contributed by atoms with van der Waals surface area (Å²) in [7, 11) is 0. The van der Waals surface area contributed by atoms with Crippen LogP contribution in [0.3, 0.4) is 0 Å². The molecule has 0 aliphatic carbocycles. The Morgan fingerprint density at radius 2 is 1.74 bits per heavy atom. The van der Waals surface area contributed by atoms with Gasteiger partial charge in [0.05, 0.1) is 18.5 Å². The Morgan fingerprint density at radius 1 is 1.00 bits per heavy atom. The summed E-state index contributed by atoms with van der Waals surface area (Å²) in [4.78, 5) is 29.1. The fourth-order valence-corrected chi connectivity index (χ4v) is 4.62. The van der Waals surface area contributed by atoms with E-state index in [-0.39, 0.29) is 24.9 Å². The van der Waals surface area contributed by atoms with E-state index in [0.29, 0.717) is 23.0 Å². The van der Waals surface area contributed by atoms with E-state index in [4.69, 9.17) is 16.0 Å². The molecule has 0 spiro atoms. The number of hydrogen-bond acceptors (Lipinski definition) is 3. The lowest BCUT2D eigenvalue weighted by Gasteiger charge is -2.44. The van der Waals surface area contributed by atoms with Crippen LogP contribution in [0.15, 0.2) is 89.5 Å². The predicted molar refractivity (Wildman–Crippen MR) is 130 cm³/mol. The summed E-state index contributed by atoms with van der Waals surface area (Å²) < 4.78 is 7.46. The molecule has 0 saturated heterocycles. The molecule has 2 aromatic heterocycles. The third-order valence-corrected chi connectivity index (χ3v) is 6.72. The van der Waals surface area contributed by atoms with Gasteiger partial charge >= 0.3 is 0 Å². The molecule has 5 rings (SSSR count). The monoisotopic (exact) mass is 473 g/mol. The Bertz CT molecular complexity index is 1330. The normalized spacial score (nSPS) is 17.5. The van der Waals surface area contributed by atoms with Crippen LogP contribution in [-0.4, -0.2) is 26.8 Å². The zero-order chi connectivity index (χ0) is 23.7. The van der Waals surface area contributed by atoms with Crippen molar-refractivity contribution in [2.45, 2.75) is 32.1 Å². The lowest BCUT2D eigenvalue weighted by Crippen LogP contribution is -2.63. The lowest BCUT2D eigenvalue weighted by atomic mass is 9.93. The molecule has 0 saturated carbocycles. The lowest BCUT2D eigenvalue weighted by molar-refractivity contribution is -0.133. The molecular formula is C27H24ClN3O3. The van der Waals surface area contributed by atoms with Gasteiger partial charge in [-0.25, -0.2) is 0 Å². The third kappa shape index (κ3) is 3.90. The molecule has 1 N–H and O–H groups in total. The minimum atomic E-state index is -1.15. The molecule has 0 bridgehead atoms. The molecule has 0 radical (unpaired) electrons.